The van der Waals surface area contributed by atoms with Crippen LogP contribution in [-0.2, 0) is 11.3 Å². The molecule has 1 N–H and O–H groups in total. The molecule has 17 heavy (non-hydrogen) atoms. The second kappa shape index (κ2) is 5.47. The molecular formula is C13H18FNO2. The van der Waals surface area contributed by atoms with Gasteiger partial charge in [-0.2, -0.15) is 0 Å². The summed E-state index contributed by atoms with van der Waals surface area (Å²) in [6, 6.07) is 4.59. The first-order valence-electron chi connectivity index (χ1n) is 5.87. The van der Waals surface area contributed by atoms with Crippen LogP contribution >= 0.6 is 0 Å². The molecular weight excluding hydrogens is 221 g/mol. The van der Waals surface area contributed by atoms with Crippen LogP contribution in [0.1, 0.15) is 12.0 Å². The summed E-state index contributed by atoms with van der Waals surface area (Å²) in [6.07, 6.45) is 1.08. The van der Waals surface area contributed by atoms with Crippen molar-refractivity contribution in [1.82, 2.24) is 0 Å². The Labute approximate surface area is 101 Å². The van der Waals surface area contributed by atoms with E-state index in [1.165, 1.54) is 12.1 Å². The molecule has 1 aromatic rings. The van der Waals surface area contributed by atoms with Gasteiger partial charge >= 0.3 is 0 Å². The van der Waals surface area contributed by atoms with Crippen molar-refractivity contribution in [3.63, 3.8) is 0 Å². The van der Waals surface area contributed by atoms with Gasteiger partial charge in [0.15, 0.2) is 0 Å². The third-order valence-electron chi connectivity index (χ3n) is 3.24. The first-order chi connectivity index (χ1) is 8.24. The lowest BCUT2D eigenvalue weighted by atomic mass is 10.1. The lowest BCUT2D eigenvalue weighted by Gasteiger charge is -2.21. The molecule has 0 aromatic heterocycles. The van der Waals surface area contributed by atoms with E-state index < -0.39 is 0 Å². The highest BCUT2D eigenvalue weighted by Gasteiger charge is 2.24. The Morgan fingerprint density at radius 1 is 1.53 bits per heavy atom. The topological polar surface area (TPSA) is 32.7 Å². The fraction of sp³-hybridized carbons (Fsp3) is 0.538. The molecule has 1 saturated heterocycles. The van der Waals surface area contributed by atoms with Crippen molar-refractivity contribution in [2.45, 2.75) is 13.0 Å². The highest BCUT2D eigenvalue weighted by atomic mass is 19.1. The van der Waals surface area contributed by atoms with Gasteiger partial charge in [-0.05, 0) is 24.6 Å². The Bertz CT molecular complexity index is 384. The number of hydrogen-bond acceptors (Lipinski definition) is 3. The van der Waals surface area contributed by atoms with E-state index in [1.807, 2.05) is 0 Å². The van der Waals surface area contributed by atoms with Gasteiger partial charge < -0.3 is 14.7 Å². The minimum Gasteiger partial charge on any atom is -0.392 e. The molecule has 4 heteroatoms. The highest BCUT2D eigenvalue weighted by Crippen LogP contribution is 2.27. The molecule has 0 spiro atoms. The number of nitrogens with zero attached hydrogens (tertiary/aromatic N) is 1. The first-order valence-corrected chi connectivity index (χ1v) is 5.87. The third kappa shape index (κ3) is 2.76. The quantitative estimate of drug-likeness (QED) is 0.869. The standard InChI is InChI=1S/C13H18FNO2/c1-17-9-10-4-5-15(7-10)13-3-2-12(14)6-11(13)8-16/h2-3,6,10,16H,4-5,7-9H2,1H3. The van der Waals surface area contributed by atoms with Gasteiger partial charge in [0.2, 0.25) is 0 Å². The van der Waals surface area contributed by atoms with Crippen molar-refractivity contribution in [3.05, 3.63) is 29.6 Å². The van der Waals surface area contributed by atoms with Gasteiger partial charge in [-0.3, -0.25) is 0 Å². The van der Waals surface area contributed by atoms with E-state index in [0.717, 1.165) is 31.8 Å². The van der Waals surface area contributed by atoms with Gasteiger partial charge in [0.1, 0.15) is 5.82 Å². The maximum atomic E-state index is 13.1. The summed E-state index contributed by atoms with van der Waals surface area (Å²) < 4.78 is 18.2. The molecule has 0 aliphatic carbocycles. The Morgan fingerprint density at radius 2 is 2.35 bits per heavy atom. The number of anilines is 1. The lowest BCUT2D eigenvalue weighted by Crippen LogP contribution is -2.22. The summed E-state index contributed by atoms with van der Waals surface area (Å²) >= 11 is 0. The number of hydrogen-bond donors (Lipinski definition) is 1. The molecule has 1 atom stereocenters. The lowest BCUT2D eigenvalue weighted by molar-refractivity contribution is 0.161. The Balaban J connectivity index is 2.12. The van der Waals surface area contributed by atoms with Crippen LogP contribution in [0.25, 0.3) is 0 Å². The van der Waals surface area contributed by atoms with E-state index in [-0.39, 0.29) is 12.4 Å². The number of benzene rings is 1. The largest absolute Gasteiger partial charge is 0.392 e. The van der Waals surface area contributed by atoms with E-state index in [0.29, 0.717) is 11.5 Å². The van der Waals surface area contributed by atoms with Crippen LogP contribution in [0.3, 0.4) is 0 Å². The molecule has 1 aliphatic heterocycles. The summed E-state index contributed by atoms with van der Waals surface area (Å²) in [4.78, 5) is 2.19. The van der Waals surface area contributed by atoms with E-state index >= 15 is 0 Å². The molecule has 1 heterocycles. The first kappa shape index (κ1) is 12.3. The average molecular weight is 239 g/mol. The van der Waals surface area contributed by atoms with Crippen LogP contribution in [0.15, 0.2) is 18.2 Å². The molecule has 0 amide bonds. The van der Waals surface area contributed by atoms with E-state index in [9.17, 15) is 9.50 Å². The van der Waals surface area contributed by atoms with Crippen LogP contribution in [0.5, 0.6) is 0 Å². The fourth-order valence-electron chi connectivity index (χ4n) is 2.41. The monoisotopic (exact) mass is 239 g/mol. The molecule has 0 radical (unpaired) electrons. The number of rotatable bonds is 4. The molecule has 1 aromatic carbocycles. The molecule has 0 bridgehead atoms. The van der Waals surface area contributed by atoms with Gasteiger partial charge in [-0.15, -0.1) is 0 Å². The number of halogens is 1. The summed E-state index contributed by atoms with van der Waals surface area (Å²) in [5.41, 5.74) is 1.59. The predicted octanol–water partition coefficient (Wildman–Crippen LogP) is 1.79. The zero-order valence-electron chi connectivity index (χ0n) is 10.0. The molecule has 94 valence electrons. The van der Waals surface area contributed by atoms with E-state index in [1.54, 1.807) is 13.2 Å². The molecule has 1 unspecified atom stereocenters. The predicted molar refractivity (Wildman–Crippen MR) is 64.5 cm³/mol. The number of methoxy groups -OCH3 is 1. The second-order valence-corrected chi connectivity index (χ2v) is 4.49. The van der Waals surface area contributed by atoms with Crippen LogP contribution in [-0.4, -0.2) is 31.9 Å². The van der Waals surface area contributed by atoms with Crippen LogP contribution < -0.4 is 4.90 Å². The Hall–Kier alpha value is -1.13. The minimum absolute atomic E-state index is 0.126. The van der Waals surface area contributed by atoms with Crippen molar-refractivity contribution < 1.29 is 14.2 Å². The van der Waals surface area contributed by atoms with Crippen molar-refractivity contribution in [3.8, 4) is 0 Å². The van der Waals surface area contributed by atoms with Crippen LogP contribution in [0, 0.1) is 11.7 Å². The number of ether oxygens (including phenoxy) is 1. The van der Waals surface area contributed by atoms with E-state index in [2.05, 4.69) is 4.90 Å². The van der Waals surface area contributed by atoms with Gasteiger partial charge in [0.05, 0.1) is 13.2 Å². The maximum absolute atomic E-state index is 13.1. The molecule has 3 nitrogen and oxygen atoms in total. The minimum atomic E-state index is -0.301. The van der Waals surface area contributed by atoms with Crippen molar-refractivity contribution in [2.75, 3.05) is 31.7 Å². The number of aliphatic hydroxyl groups excluding tert-OH is 1. The second-order valence-electron chi connectivity index (χ2n) is 4.49. The van der Waals surface area contributed by atoms with Gasteiger partial charge in [0, 0.05) is 37.4 Å². The normalized spacial score (nSPS) is 19.9. The number of aliphatic hydroxyl groups is 1. The smallest absolute Gasteiger partial charge is 0.123 e. The van der Waals surface area contributed by atoms with E-state index in [4.69, 9.17) is 4.74 Å². The maximum Gasteiger partial charge on any atom is 0.123 e. The highest BCUT2D eigenvalue weighted by molar-refractivity contribution is 5.54. The molecule has 1 aliphatic rings. The summed E-state index contributed by atoms with van der Waals surface area (Å²) in [5.74, 6) is 0.224. The SMILES string of the molecule is COCC1CCN(c2ccc(F)cc2CO)C1. The van der Waals surface area contributed by atoms with Gasteiger partial charge in [0.25, 0.3) is 0 Å². The van der Waals surface area contributed by atoms with Crippen LogP contribution in [0.4, 0.5) is 10.1 Å². The Morgan fingerprint density at radius 3 is 3.06 bits per heavy atom. The summed E-state index contributed by atoms with van der Waals surface area (Å²) in [5, 5.41) is 9.25. The van der Waals surface area contributed by atoms with Crippen molar-refractivity contribution in [2.24, 2.45) is 5.92 Å². The molecule has 2 rings (SSSR count). The third-order valence-corrected chi connectivity index (χ3v) is 3.24. The average Bonchev–Trinajstić information content (AvgIpc) is 2.78. The molecule has 0 saturated carbocycles. The van der Waals surface area contributed by atoms with Gasteiger partial charge in [-0.25, -0.2) is 4.39 Å². The van der Waals surface area contributed by atoms with Gasteiger partial charge in [-0.1, -0.05) is 0 Å². The Kier molecular flexibility index (Phi) is 3.97. The molecule has 1 fully saturated rings. The van der Waals surface area contributed by atoms with Crippen LogP contribution in [0.2, 0.25) is 0 Å². The fourth-order valence-corrected chi connectivity index (χ4v) is 2.41. The zero-order valence-corrected chi connectivity index (χ0v) is 10.0. The zero-order chi connectivity index (χ0) is 12.3. The van der Waals surface area contributed by atoms with Crippen molar-refractivity contribution >= 4 is 5.69 Å². The summed E-state index contributed by atoms with van der Waals surface area (Å²) in [6.45, 7) is 2.48. The van der Waals surface area contributed by atoms with Crippen molar-refractivity contribution in [1.29, 1.82) is 0 Å². The summed E-state index contributed by atoms with van der Waals surface area (Å²) in [7, 11) is 1.71.